The van der Waals surface area contributed by atoms with Crippen LogP contribution in [-0.4, -0.2) is 59.1 Å². The van der Waals surface area contributed by atoms with Gasteiger partial charge in [0.25, 0.3) is 15.9 Å². The van der Waals surface area contributed by atoms with Gasteiger partial charge in [0.05, 0.1) is 22.7 Å². The molecule has 190 valence electrons. The van der Waals surface area contributed by atoms with Crippen LogP contribution >= 0.6 is 23.2 Å². The topological polar surface area (TPSA) is 88.2 Å². The van der Waals surface area contributed by atoms with E-state index >= 15 is 0 Å². The number of amides is 1. The van der Waals surface area contributed by atoms with Gasteiger partial charge in [0.1, 0.15) is 11.5 Å². The molecular weight excluding hydrogens is 525 g/mol. The van der Waals surface area contributed by atoms with Crippen LogP contribution in [-0.2, 0) is 14.8 Å². The van der Waals surface area contributed by atoms with Crippen LogP contribution in [0.4, 0.5) is 11.4 Å². The molecule has 0 radical (unpaired) electrons. The number of hydrogen-bond acceptors (Lipinski definition) is 6. The zero-order valence-electron chi connectivity index (χ0n) is 19.5. The van der Waals surface area contributed by atoms with Gasteiger partial charge in [0, 0.05) is 36.9 Å². The molecule has 1 heterocycles. The summed E-state index contributed by atoms with van der Waals surface area (Å²) < 4.78 is 38.6. The van der Waals surface area contributed by atoms with Gasteiger partial charge in [-0.2, -0.15) is 0 Å². The normalized spacial score (nSPS) is 13.9. The third-order valence-electron chi connectivity index (χ3n) is 5.71. The van der Waals surface area contributed by atoms with Crippen LogP contribution in [0.1, 0.15) is 0 Å². The van der Waals surface area contributed by atoms with Crippen molar-refractivity contribution >= 4 is 50.5 Å². The molecule has 1 saturated heterocycles. The fourth-order valence-corrected chi connectivity index (χ4v) is 5.27. The molecule has 0 aromatic heterocycles. The highest BCUT2D eigenvalue weighted by Gasteiger charge is 2.22. The molecule has 0 saturated carbocycles. The molecule has 0 bridgehead atoms. The summed E-state index contributed by atoms with van der Waals surface area (Å²) in [6, 6.07) is 18.1. The first kappa shape index (κ1) is 25.9. The van der Waals surface area contributed by atoms with Gasteiger partial charge in [0.15, 0.2) is 6.61 Å². The lowest BCUT2D eigenvalue weighted by atomic mass is 10.2. The summed E-state index contributed by atoms with van der Waals surface area (Å²) in [7, 11) is -2.36. The number of nitrogens with one attached hydrogen (secondary N) is 1. The van der Waals surface area contributed by atoms with Crippen molar-refractivity contribution in [2.75, 3.05) is 49.5 Å². The van der Waals surface area contributed by atoms with E-state index in [1.54, 1.807) is 17.0 Å². The Morgan fingerprint density at radius 2 is 1.69 bits per heavy atom. The second-order valence-corrected chi connectivity index (χ2v) is 10.6. The van der Waals surface area contributed by atoms with Gasteiger partial charge in [-0.25, -0.2) is 8.42 Å². The zero-order valence-corrected chi connectivity index (χ0v) is 21.8. The third kappa shape index (κ3) is 6.34. The number of rotatable bonds is 8. The number of nitrogens with zero attached hydrogens (tertiary/aromatic N) is 2. The fraction of sp³-hybridized carbons (Fsp3) is 0.240. The van der Waals surface area contributed by atoms with E-state index in [-0.39, 0.29) is 22.4 Å². The summed E-state index contributed by atoms with van der Waals surface area (Å²) in [5, 5.41) is 0.969. The highest BCUT2D eigenvalue weighted by Crippen LogP contribution is 2.29. The molecule has 11 heteroatoms. The minimum Gasteiger partial charge on any atom is -0.495 e. The quantitative estimate of drug-likeness (QED) is 0.444. The second-order valence-electron chi connectivity index (χ2n) is 8.06. The summed E-state index contributed by atoms with van der Waals surface area (Å²) in [5.74, 6) is 0.710. The predicted octanol–water partition coefficient (Wildman–Crippen LogP) is 4.53. The maximum absolute atomic E-state index is 12.7. The molecule has 3 aromatic carbocycles. The van der Waals surface area contributed by atoms with Gasteiger partial charge in [-0.3, -0.25) is 9.52 Å². The van der Waals surface area contributed by atoms with Crippen molar-refractivity contribution in [3.63, 3.8) is 0 Å². The highest BCUT2D eigenvalue weighted by atomic mass is 35.5. The van der Waals surface area contributed by atoms with E-state index in [1.807, 2.05) is 24.3 Å². The van der Waals surface area contributed by atoms with Gasteiger partial charge in [-0.05, 0) is 60.7 Å². The molecule has 1 N–H and O–H groups in total. The van der Waals surface area contributed by atoms with Gasteiger partial charge in [-0.1, -0.05) is 29.3 Å². The average Bonchev–Trinajstić information content (AvgIpc) is 2.87. The lowest BCUT2D eigenvalue weighted by molar-refractivity contribution is -0.133. The van der Waals surface area contributed by atoms with E-state index in [2.05, 4.69) is 9.62 Å². The predicted molar refractivity (Wildman–Crippen MR) is 141 cm³/mol. The number of carbonyl (C=O) groups excluding carboxylic acids is 1. The number of piperazine rings is 1. The van der Waals surface area contributed by atoms with Gasteiger partial charge in [0.2, 0.25) is 0 Å². The minimum absolute atomic E-state index is 0.0465. The van der Waals surface area contributed by atoms with E-state index in [0.29, 0.717) is 48.4 Å². The molecular formula is C25H25Cl2N3O5S. The Balaban J connectivity index is 1.29. The number of carbonyl (C=O) groups is 1. The van der Waals surface area contributed by atoms with E-state index in [4.69, 9.17) is 32.7 Å². The molecule has 4 rings (SSSR count). The number of methoxy groups -OCH3 is 1. The lowest BCUT2D eigenvalue weighted by Crippen LogP contribution is -2.50. The van der Waals surface area contributed by atoms with E-state index in [0.717, 1.165) is 5.69 Å². The van der Waals surface area contributed by atoms with Crippen LogP contribution in [0, 0.1) is 0 Å². The first-order chi connectivity index (χ1) is 17.2. The third-order valence-corrected chi connectivity index (χ3v) is 7.63. The molecule has 0 aliphatic carbocycles. The monoisotopic (exact) mass is 549 g/mol. The maximum Gasteiger partial charge on any atom is 0.261 e. The Morgan fingerprint density at radius 1 is 0.972 bits per heavy atom. The zero-order chi connectivity index (χ0) is 25.7. The van der Waals surface area contributed by atoms with Crippen LogP contribution in [0.2, 0.25) is 10.0 Å². The summed E-state index contributed by atoms with van der Waals surface area (Å²) in [4.78, 5) is 16.6. The Bertz CT molecular complexity index is 1330. The summed E-state index contributed by atoms with van der Waals surface area (Å²) in [6.07, 6.45) is 0. The van der Waals surface area contributed by atoms with Crippen molar-refractivity contribution in [3.05, 3.63) is 76.8 Å². The van der Waals surface area contributed by atoms with Crippen LogP contribution in [0.3, 0.4) is 0 Å². The van der Waals surface area contributed by atoms with Crippen molar-refractivity contribution in [1.29, 1.82) is 0 Å². The molecule has 1 fully saturated rings. The largest absolute Gasteiger partial charge is 0.495 e. The molecule has 0 spiro atoms. The van der Waals surface area contributed by atoms with Crippen molar-refractivity contribution < 1.29 is 22.7 Å². The van der Waals surface area contributed by atoms with Crippen molar-refractivity contribution in [2.24, 2.45) is 0 Å². The summed E-state index contributed by atoms with van der Waals surface area (Å²) >= 11 is 12.1. The Morgan fingerprint density at radius 3 is 2.33 bits per heavy atom. The first-order valence-electron chi connectivity index (χ1n) is 11.1. The van der Waals surface area contributed by atoms with E-state index in [9.17, 15) is 13.2 Å². The Labute approximate surface area is 220 Å². The highest BCUT2D eigenvalue weighted by molar-refractivity contribution is 7.92. The number of hydrogen-bond donors (Lipinski definition) is 1. The Kier molecular flexibility index (Phi) is 8.13. The molecule has 3 aromatic rings. The van der Waals surface area contributed by atoms with Crippen LogP contribution in [0.25, 0.3) is 0 Å². The van der Waals surface area contributed by atoms with Crippen molar-refractivity contribution in [3.8, 4) is 11.5 Å². The Hall–Kier alpha value is -3.14. The molecule has 1 aliphatic heterocycles. The second kappa shape index (κ2) is 11.3. The van der Waals surface area contributed by atoms with E-state index in [1.165, 1.54) is 37.4 Å². The van der Waals surface area contributed by atoms with Crippen LogP contribution in [0.15, 0.2) is 71.6 Å². The molecule has 8 nitrogen and oxygen atoms in total. The van der Waals surface area contributed by atoms with Gasteiger partial charge in [-0.15, -0.1) is 0 Å². The number of anilines is 2. The van der Waals surface area contributed by atoms with Crippen LogP contribution in [0.5, 0.6) is 11.5 Å². The standard InChI is InChI=1S/C25H25Cl2N3O5S/c1-34-24-10-5-19(16-23(24)27)28-36(32,33)22-8-6-21(7-9-22)35-17-25(31)30-13-11-29(12-14-30)20-4-2-3-18(26)15-20/h2-10,15-16,28H,11-14,17H2,1H3. The lowest BCUT2D eigenvalue weighted by Gasteiger charge is -2.36. The van der Waals surface area contributed by atoms with Gasteiger partial charge < -0.3 is 19.3 Å². The minimum atomic E-state index is -3.84. The molecule has 1 amide bonds. The smallest absolute Gasteiger partial charge is 0.261 e. The average molecular weight is 550 g/mol. The van der Waals surface area contributed by atoms with Crippen molar-refractivity contribution in [1.82, 2.24) is 4.90 Å². The number of halogens is 2. The maximum atomic E-state index is 12.7. The van der Waals surface area contributed by atoms with E-state index < -0.39 is 10.0 Å². The van der Waals surface area contributed by atoms with Crippen LogP contribution < -0.4 is 19.1 Å². The molecule has 1 aliphatic rings. The molecule has 0 atom stereocenters. The number of ether oxygens (including phenoxy) is 2. The number of benzene rings is 3. The number of sulfonamides is 1. The van der Waals surface area contributed by atoms with Gasteiger partial charge >= 0.3 is 0 Å². The summed E-state index contributed by atoms with van der Waals surface area (Å²) in [6.45, 7) is 2.42. The fourth-order valence-electron chi connectivity index (χ4n) is 3.78. The molecule has 0 unspecified atom stereocenters. The first-order valence-corrected chi connectivity index (χ1v) is 13.4. The van der Waals surface area contributed by atoms with Crippen molar-refractivity contribution in [2.45, 2.75) is 4.90 Å². The summed E-state index contributed by atoms with van der Waals surface area (Å²) in [5.41, 5.74) is 1.34. The SMILES string of the molecule is COc1ccc(NS(=O)(=O)c2ccc(OCC(=O)N3CCN(c4cccc(Cl)c4)CC3)cc2)cc1Cl. The molecule has 36 heavy (non-hydrogen) atoms.